The van der Waals surface area contributed by atoms with E-state index in [2.05, 4.69) is 10.3 Å². The first-order valence-electron chi connectivity index (χ1n) is 6.04. The van der Waals surface area contributed by atoms with Crippen molar-refractivity contribution < 1.29 is 24.5 Å². The number of aromatic nitrogens is 1. The average molecular weight is 290 g/mol. The van der Waals surface area contributed by atoms with Crippen LogP contribution in [-0.2, 0) is 0 Å². The number of benzene rings is 1. The second-order valence-electron chi connectivity index (χ2n) is 4.32. The van der Waals surface area contributed by atoms with Crippen LogP contribution in [0.5, 0.6) is 11.5 Å². The molecule has 0 fully saturated rings. The fourth-order valence-corrected chi connectivity index (χ4v) is 1.96. The van der Waals surface area contributed by atoms with Gasteiger partial charge >= 0.3 is 5.97 Å². The first-order chi connectivity index (χ1) is 9.95. The zero-order valence-corrected chi connectivity index (χ0v) is 11.4. The zero-order valence-electron chi connectivity index (χ0n) is 11.4. The van der Waals surface area contributed by atoms with Gasteiger partial charge in [-0.05, 0) is 19.1 Å². The quantitative estimate of drug-likeness (QED) is 0.688. The molecule has 1 aromatic heterocycles. The third-order valence-electron chi connectivity index (χ3n) is 3.00. The van der Waals surface area contributed by atoms with Crippen molar-refractivity contribution in [3.05, 3.63) is 41.2 Å². The number of hydrogen-bond donors (Lipinski definition) is 4. The van der Waals surface area contributed by atoms with Crippen molar-refractivity contribution >= 4 is 17.6 Å². The van der Waals surface area contributed by atoms with E-state index in [1.165, 1.54) is 25.4 Å². The third kappa shape index (κ3) is 2.66. The number of aromatic amines is 1. The normalized spacial score (nSPS) is 10.2. The lowest BCUT2D eigenvalue weighted by atomic mass is 10.1. The second-order valence-corrected chi connectivity index (χ2v) is 4.32. The zero-order chi connectivity index (χ0) is 15.6. The van der Waals surface area contributed by atoms with E-state index in [4.69, 9.17) is 9.84 Å². The van der Waals surface area contributed by atoms with Crippen LogP contribution < -0.4 is 10.1 Å². The number of nitrogens with one attached hydrogen (secondary N) is 2. The van der Waals surface area contributed by atoms with Gasteiger partial charge in [-0.1, -0.05) is 6.07 Å². The third-order valence-corrected chi connectivity index (χ3v) is 3.00. The molecule has 0 radical (unpaired) electrons. The number of aromatic hydroxyl groups is 1. The maximum absolute atomic E-state index is 12.2. The highest BCUT2D eigenvalue weighted by Gasteiger charge is 2.20. The number of methoxy groups -OCH3 is 1. The van der Waals surface area contributed by atoms with E-state index in [9.17, 15) is 14.7 Å². The van der Waals surface area contributed by atoms with E-state index in [-0.39, 0.29) is 28.3 Å². The van der Waals surface area contributed by atoms with Crippen LogP contribution in [0.15, 0.2) is 24.4 Å². The number of carboxylic acids is 1. The van der Waals surface area contributed by atoms with Crippen LogP contribution >= 0.6 is 0 Å². The molecule has 7 heteroatoms. The number of ether oxygens (including phenoxy) is 1. The standard InChI is InChI=1S/C14H14N2O5/c1-7-11(14(19)20)9(6-15-7)16-13(18)8-4-3-5-10(21-2)12(8)17/h3-6,15,17H,1-2H3,(H,16,18)(H,19,20). The molecule has 0 saturated heterocycles. The molecule has 7 nitrogen and oxygen atoms in total. The van der Waals surface area contributed by atoms with Gasteiger partial charge in [-0.25, -0.2) is 4.79 Å². The predicted octanol–water partition coefficient (Wildman–Crippen LogP) is 1.99. The number of carbonyl (C=O) groups is 2. The van der Waals surface area contributed by atoms with E-state index >= 15 is 0 Å². The minimum atomic E-state index is -1.15. The lowest BCUT2D eigenvalue weighted by molar-refractivity contribution is 0.0697. The van der Waals surface area contributed by atoms with Crippen molar-refractivity contribution in [3.63, 3.8) is 0 Å². The smallest absolute Gasteiger partial charge is 0.339 e. The highest BCUT2D eigenvalue weighted by molar-refractivity contribution is 6.09. The Morgan fingerprint density at radius 1 is 1.33 bits per heavy atom. The van der Waals surface area contributed by atoms with E-state index in [0.29, 0.717) is 5.69 Å². The van der Waals surface area contributed by atoms with Gasteiger partial charge in [0.05, 0.1) is 18.4 Å². The minimum absolute atomic E-state index is 0.00968. The number of phenolic OH excluding ortho intramolecular Hbond substituents is 1. The maximum atomic E-state index is 12.2. The topological polar surface area (TPSA) is 112 Å². The van der Waals surface area contributed by atoms with Gasteiger partial charge in [-0.15, -0.1) is 0 Å². The van der Waals surface area contributed by atoms with Crippen LogP contribution in [0.4, 0.5) is 5.69 Å². The SMILES string of the molecule is COc1cccc(C(=O)Nc2c[nH]c(C)c2C(=O)O)c1O. The molecule has 4 N–H and O–H groups in total. The number of para-hydroxylation sites is 1. The Morgan fingerprint density at radius 3 is 2.67 bits per heavy atom. The van der Waals surface area contributed by atoms with E-state index in [1.54, 1.807) is 13.0 Å². The van der Waals surface area contributed by atoms with Gasteiger partial charge in [0.1, 0.15) is 5.56 Å². The summed E-state index contributed by atoms with van der Waals surface area (Å²) in [6.07, 6.45) is 1.38. The van der Waals surface area contributed by atoms with Gasteiger partial charge in [0.2, 0.25) is 0 Å². The summed E-state index contributed by atoms with van der Waals surface area (Å²) in [6.45, 7) is 1.59. The molecule has 0 bridgehead atoms. The number of carbonyl (C=O) groups excluding carboxylic acids is 1. The Hall–Kier alpha value is -2.96. The number of aryl methyl sites for hydroxylation is 1. The van der Waals surface area contributed by atoms with Crippen molar-refractivity contribution in [2.24, 2.45) is 0 Å². The molecule has 0 spiro atoms. The second kappa shape index (κ2) is 5.58. The van der Waals surface area contributed by atoms with Gasteiger partial charge < -0.3 is 25.3 Å². The first kappa shape index (κ1) is 14.4. The van der Waals surface area contributed by atoms with Gasteiger partial charge in [0.25, 0.3) is 5.91 Å². The molecule has 0 aliphatic carbocycles. The summed E-state index contributed by atoms with van der Waals surface area (Å²) in [4.78, 5) is 26.0. The summed E-state index contributed by atoms with van der Waals surface area (Å²) < 4.78 is 4.92. The number of anilines is 1. The number of amides is 1. The Morgan fingerprint density at radius 2 is 2.05 bits per heavy atom. The molecular weight excluding hydrogens is 276 g/mol. The van der Waals surface area contributed by atoms with Crippen molar-refractivity contribution in [1.29, 1.82) is 0 Å². The molecule has 21 heavy (non-hydrogen) atoms. The van der Waals surface area contributed by atoms with Crippen LogP contribution in [0, 0.1) is 6.92 Å². The molecule has 2 aromatic rings. The Balaban J connectivity index is 2.33. The number of H-pyrrole nitrogens is 1. The highest BCUT2D eigenvalue weighted by Crippen LogP contribution is 2.30. The van der Waals surface area contributed by atoms with E-state index in [0.717, 1.165) is 0 Å². The fraction of sp³-hybridized carbons (Fsp3) is 0.143. The molecule has 2 rings (SSSR count). The first-order valence-corrected chi connectivity index (χ1v) is 6.04. The van der Waals surface area contributed by atoms with Crippen molar-refractivity contribution in [1.82, 2.24) is 4.98 Å². The minimum Gasteiger partial charge on any atom is -0.504 e. The van der Waals surface area contributed by atoms with Gasteiger partial charge in [-0.3, -0.25) is 4.79 Å². The molecular formula is C14H14N2O5. The van der Waals surface area contributed by atoms with Gasteiger partial charge in [0.15, 0.2) is 11.5 Å². The molecule has 0 saturated carbocycles. The summed E-state index contributed by atoms with van der Waals surface area (Å²) in [5.41, 5.74) is 0.523. The summed E-state index contributed by atoms with van der Waals surface area (Å²) in [5, 5.41) is 21.5. The van der Waals surface area contributed by atoms with E-state index < -0.39 is 11.9 Å². The summed E-state index contributed by atoms with van der Waals surface area (Å²) in [6, 6.07) is 4.47. The highest BCUT2D eigenvalue weighted by atomic mass is 16.5. The Kier molecular flexibility index (Phi) is 3.84. The lowest BCUT2D eigenvalue weighted by Gasteiger charge is -2.09. The predicted molar refractivity (Wildman–Crippen MR) is 75.1 cm³/mol. The number of phenols is 1. The fourth-order valence-electron chi connectivity index (χ4n) is 1.96. The van der Waals surface area contributed by atoms with Crippen molar-refractivity contribution in [2.45, 2.75) is 6.92 Å². The number of hydrogen-bond acceptors (Lipinski definition) is 4. The van der Waals surface area contributed by atoms with Crippen LogP contribution in [0.1, 0.15) is 26.4 Å². The monoisotopic (exact) mass is 290 g/mol. The van der Waals surface area contributed by atoms with Gasteiger partial charge in [0, 0.05) is 11.9 Å². The molecule has 0 aliphatic rings. The summed E-state index contributed by atoms with van der Waals surface area (Å²) in [7, 11) is 1.37. The molecule has 110 valence electrons. The van der Waals surface area contributed by atoms with Crippen molar-refractivity contribution in [2.75, 3.05) is 12.4 Å². The number of rotatable bonds is 4. The van der Waals surface area contributed by atoms with Crippen LogP contribution in [0.3, 0.4) is 0 Å². The maximum Gasteiger partial charge on any atom is 0.339 e. The van der Waals surface area contributed by atoms with Gasteiger partial charge in [-0.2, -0.15) is 0 Å². The molecule has 0 unspecified atom stereocenters. The molecule has 1 amide bonds. The summed E-state index contributed by atoms with van der Waals surface area (Å²) in [5.74, 6) is -1.93. The number of aromatic carboxylic acids is 1. The largest absolute Gasteiger partial charge is 0.504 e. The van der Waals surface area contributed by atoms with Crippen LogP contribution in [0.2, 0.25) is 0 Å². The molecule has 0 atom stereocenters. The van der Waals surface area contributed by atoms with Crippen LogP contribution in [0.25, 0.3) is 0 Å². The van der Waals surface area contributed by atoms with E-state index in [1.807, 2.05) is 0 Å². The lowest BCUT2D eigenvalue weighted by Crippen LogP contribution is -2.14. The van der Waals surface area contributed by atoms with Crippen molar-refractivity contribution in [3.8, 4) is 11.5 Å². The molecule has 1 heterocycles. The Labute approximate surface area is 120 Å². The summed E-state index contributed by atoms with van der Waals surface area (Å²) >= 11 is 0. The molecule has 1 aromatic carbocycles. The number of carboxylic acid groups (broad SMARTS) is 1. The molecule has 0 aliphatic heterocycles. The van der Waals surface area contributed by atoms with Crippen LogP contribution in [-0.4, -0.2) is 34.2 Å². The Bertz CT molecular complexity index is 705. The average Bonchev–Trinajstić information content (AvgIpc) is 2.79.